The average Bonchev–Trinajstić information content (AvgIpc) is 2.48. The van der Waals surface area contributed by atoms with Crippen molar-refractivity contribution in [2.24, 2.45) is 0 Å². The maximum absolute atomic E-state index is 12.0. The molecule has 1 heterocycles. The molecule has 0 aliphatic carbocycles. The standard InChI is InChI=1S/C12H12N2O3.C5H14NO/c1-2-12(8-6-4-3-5-7-8)9(15)13-11(17)14-10(12)16;1-6(2,3)4-5-7/h3-7H,2H2,1H3,(H2,13,14,15,16,17);7H,4-5H2,1-3H3/q;+1. The number of urea groups is 1. The topological polar surface area (TPSA) is 95.5 Å². The third-order valence-corrected chi connectivity index (χ3v) is 3.80. The normalized spacial score (nSPS) is 16.6. The van der Waals surface area contributed by atoms with Crippen molar-refractivity contribution < 1.29 is 24.0 Å². The zero-order valence-electron chi connectivity index (χ0n) is 14.6. The van der Waals surface area contributed by atoms with E-state index < -0.39 is 23.3 Å². The van der Waals surface area contributed by atoms with Crippen molar-refractivity contribution in [3.05, 3.63) is 35.9 Å². The number of nitrogens with zero attached hydrogens (tertiary/aromatic N) is 1. The lowest BCUT2D eigenvalue weighted by Gasteiger charge is -2.33. The zero-order chi connectivity index (χ0) is 18.4. The van der Waals surface area contributed by atoms with Crippen molar-refractivity contribution in [2.75, 3.05) is 34.3 Å². The van der Waals surface area contributed by atoms with Gasteiger partial charge in [0.05, 0.1) is 27.7 Å². The number of likely N-dealkylation sites (N-methyl/N-ethyl adjacent to an activating group) is 1. The molecule has 1 aromatic carbocycles. The van der Waals surface area contributed by atoms with Crippen LogP contribution in [0.2, 0.25) is 0 Å². The van der Waals surface area contributed by atoms with Crippen LogP contribution in [0.1, 0.15) is 18.9 Å². The number of hydrogen-bond donors (Lipinski definition) is 3. The largest absolute Gasteiger partial charge is 0.391 e. The first-order valence-corrected chi connectivity index (χ1v) is 7.81. The summed E-state index contributed by atoms with van der Waals surface area (Å²) in [5.74, 6) is -1.14. The molecule has 1 aliphatic rings. The third-order valence-electron chi connectivity index (χ3n) is 3.80. The van der Waals surface area contributed by atoms with Crippen LogP contribution < -0.4 is 10.6 Å². The molecule has 1 fully saturated rings. The number of quaternary nitrogens is 1. The highest BCUT2D eigenvalue weighted by atomic mass is 16.3. The molecule has 1 aromatic rings. The minimum atomic E-state index is -1.31. The van der Waals surface area contributed by atoms with Crippen LogP contribution in [0.5, 0.6) is 0 Å². The first-order chi connectivity index (χ1) is 11.2. The van der Waals surface area contributed by atoms with Crippen LogP contribution in [0.4, 0.5) is 4.79 Å². The maximum atomic E-state index is 12.0. The van der Waals surface area contributed by atoms with Crippen molar-refractivity contribution in [1.82, 2.24) is 10.6 Å². The van der Waals surface area contributed by atoms with Crippen molar-refractivity contribution in [3.8, 4) is 0 Å². The molecular weight excluding hydrogens is 310 g/mol. The first kappa shape index (κ1) is 19.8. The molecule has 0 spiro atoms. The summed E-state index contributed by atoms with van der Waals surface area (Å²) in [5, 5.41) is 12.7. The molecule has 0 unspecified atom stereocenters. The smallest absolute Gasteiger partial charge is 0.328 e. The molecule has 3 N–H and O–H groups in total. The summed E-state index contributed by atoms with van der Waals surface area (Å²) in [4.78, 5) is 35.0. The molecular formula is C17H26N3O4+. The van der Waals surface area contributed by atoms with Crippen LogP contribution in [0.3, 0.4) is 0 Å². The monoisotopic (exact) mass is 336 g/mol. The lowest BCUT2D eigenvalue weighted by atomic mass is 9.75. The van der Waals surface area contributed by atoms with E-state index in [1.165, 1.54) is 0 Å². The van der Waals surface area contributed by atoms with E-state index in [1.807, 2.05) is 0 Å². The molecule has 24 heavy (non-hydrogen) atoms. The highest BCUT2D eigenvalue weighted by Crippen LogP contribution is 2.30. The van der Waals surface area contributed by atoms with E-state index in [-0.39, 0.29) is 6.61 Å². The van der Waals surface area contributed by atoms with Gasteiger partial charge in [-0.15, -0.1) is 0 Å². The van der Waals surface area contributed by atoms with E-state index >= 15 is 0 Å². The number of imide groups is 2. The van der Waals surface area contributed by atoms with Crippen LogP contribution in [-0.2, 0) is 15.0 Å². The summed E-state index contributed by atoms with van der Waals surface area (Å²) in [5.41, 5.74) is -0.722. The predicted molar refractivity (Wildman–Crippen MR) is 90.1 cm³/mol. The molecule has 7 heteroatoms. The number of carbonyl (C=O) groups is 3. The second-order valence-electron chi connectivity index (χ2n) is 6.60. The molecule has 0 bridgehead atoms. The number of amides is 4. The van der Waals surface area contributed by atoms with Gasteiger partial charge in [0.25, 0.3) is 0 Å². The van der Waals surface area contributed by atoms with Crippen molar-refractivity contribution in [1.29, 1.82) is 0 Å². The molecule has 4 amide bonds. The number of rotatable bonds is 4. The van der Waals surface area contributed by atoms with Crippen LogP contribution in [0.25, 0.3) is 0 Å². The Morgan fingerprint density at radius 1 is 1.00 bits per heavy atom. The maximum Gasteiger partial charge on any atom is 0.328 e. The van der Waals surface area contributed by atoms with E-state index in [4.69, 9.17) is 5.11 Å². The summed E-state index contributed by atoms with van der Waals surface area (Å²) in [6.07, 6.45) is 0.294. The Morgan fingerprint density at radius 3 is 1.83 bits per heavy atom. The van der Waals surface area contributed by atoms with Gasteiger partial charge in [0.15, 0.2) is 5.41 Å². The van der Waals surface area contributed by atoms with Gasteiger partial charge in [-0.2, -0.15) is 0 Å². The number of aliphatic hydroxyl groups is 1. The van der Waals surface area contributed by atoms with Crippen molar-refractivity contribution in [2.45, 2.75) is 18.8 Å². The van der Waals surface area contributed by atoms with Crippen LogP contribution in [0, 0.1) is 0 Å². The van der Waals surface area contributed by atoms with Gasteiger partial charge >= 0.3 is 6.03 Å². The van der Waals surface area contributed by atoms with E-state index in [1.54, 1.807) is 37.3 Å². The van der Waals surface area contributed by atoms with Crippen LogP contribution in [-0.4, -0.2) is 61.7 Å². The Kier molecular flexibility index (Phi) is 6.62. The van der Waals surface area contributed by atoms with E-state index in [9.17, 15) is 14.4 Å². The van der Waals surface area contributed by atoms with Crippen molar-refractivity contribution >= 4 is 17.8 Å². The number of benzene rings is 1. The fourth-order valence-electron chi connectivity index (χ4n) is 2.36. The Balaban J connectivity index is 0.000000351. The zero-order valence-corrected chi connectivity index (χ0v) is 14.6. The second kappa shape index (κ2) is 8.03. The van der Waals surface area contributed by atoms with Gasteiger partial charge in [-0.05, 0) is 12.0 Å². The summed E-state index contributed by atoms with van der Waals surface area (Å²) >= 11 is 0. The van der Waals surface area contributed by atoms with Gasteiger partial charge in [-0.3, -0.25) is 20.2 Å². The lowest BCUT2D eigenvalue weighted by Crippen LogP contribution is -2.64. The average molecular weight is 336 g/mol. The van der Waals surface area contributed by atoms with E-state index in [0.29, 0.717) is 12.0 Å². The van der Waals surface area contributed by atoms with Gasteiger partial charge in [0.1, 0.15) is 6.54 Å². The molecule has 1 aliphatic heterocycles. The van der Waals surface area contributed by atoms with Gasteiger partial charge in [0.2, 0.25) is 11.8 Å². The highest BCUT2D eigenvalue weighted by molar-refractivity contribution is 6.22. The minimum absolute atomic E-state index is 0.281. The number of carbonyl (C=O) groups excluding carboxylic acids is 3. The van der Waals surface area contributed by atoms with Crippen LogP contribution >= 0.6 is 0 Å². The van der Waals surface area contributed by atoms with Gasteiger partial charge in [-0.1, -0.05) is 37.3 Å². The van der Waals surface area contributed by atoms with Gasteiger partial charge in [0, 0.05) is 0 Å². The number of hydrogen-bond acceptors (Lipinski definition) is 4. The van der Waals surface area contributed by atoms with Crippen molar-refractivity contribution in [3.63, 3.8) is 0 Å². The van der Waals surface area contributed by atoms with Gasteiger partial charge in [-0.25, -0.2) is 4.79 Å². The molecule has 132 valence electrons. The summed E-state index contributed by atoms with van der Waals surface area (Å²) in [7, 11) is 6.16. The Morgan fingerprint density at radius 2 is 1.50 bits per heavy atom. The predicted octanol–water partition coefficient (Wildman–Crippen LogP) is 0.385. The van der Waals surface area contributed by atoms with E-state index in [2.05, 4.69) is 31.8 Å². The van der Waals surface area contributed by atoms with Crippen LogP contribution in [0.15, 0.2) is 30.3 Å². The molecule has 1 saturated heterocycles. The lowest BCUT2D eigenvalue weighted by molar-refractivity contribution is -0.870. The quantitative estimate of drug-likeness (QED) is 0.547. The fraction of sp³-hybridized carbons (Fsp3) is 0.471. The third kappa shape index (κ3) is 4.62. The highest BCUT2D eigenvalue weighted by Gasteiger charge is 2.50. The van der Waals surface area contributed by atoms with E-state index in [0.717, 1.165) is 11.0 Å². The first-order valence-electron chi connectivity index (χ1n) is 7.81. The molecule has 2 rings (SSSR count). The molecule has 0 aromatic heterocycles. The number of nitrogens with one attached hydrogen (secondary N) is 2. The number of aliphatic hydroxyl groups excluding tert-OH is 1. The Labute approximate surface area is 142 Å². The molecule has 0 atom stereocenters. The molecule has 0 radical (unpaired) electrons. The summed E-state index contributed by atoms with van der Waals surface area (Å²) < 4.78 is 0.844. The SMILES string of the molecule is CCC1(c2ccccc2)C(=O)NC(=O)NC1=O.C[N+](C)(C)CCO. The van der Waals surface area contributed by atoms with Gasteiger partial charge < -0.3 is 9.59 Å². The summed E-state index contributed by atoms with van der Waals surface area (Å²) in [6, 6.07) is 7.96. The summed E-state index contributed by atoms with van der Waals surface area (Å²) in [6.45, 7) is 2.85. The Hall–Kier alpha value is -2.25. The second-order valence-corrected chi connectivity index (χ2v) is 6.60. The minimum Gasteiger partial charge on any atom is -0.391 e. The molecule has 0 saturated carbocycles. The fourth-order valence-corrected chi connectivity index (χ4v) is 2.36. The molecule has 7 nitrogen and oxygen atoms in total. The number of barbiturate groups is 1. The Bertz CT molecular complexity index is 574.